The second kappa shape index (κ2) is 4.34. The molecule has 1 aromatic rings. The number of fused-ring (bicyclic) bond motifs is 1. The largest absolute Gasteiger partial charge is 0.456 e. The summed E-state index contributed by atoms with van der Waals surface area (Å²) >= 11 is 0. The molecule has 0 bridgehead atoms. The normalized spacial score (nSPS) is 21.1. The summed E-state index contributed by atoms with van der Waals surface area (Å²) in [5, 5.41) is 0. The first-order valence-electron chi connectivity index (χ1n) is 6.72. The van der Waals surface area contributed by atoms with E-state index in [4.69, 9.17) is 10.5 Å². The van der Waals surface area contributed by atoms with Gasteiger partial charge in [-0.2, -0.15) is 0 Å². The Morgan fingerprint density at radius 2 is 2.00 bits per heavy atom. The lowest BCUT2D eigenvalue weighted by Gasteiger charge is -2.23. The van der Waals surface area contributed by atoms with Crippen molar-refractivity contribution in [3.63, 3.8) is 0 Å². The third-order valence-electron chi connectivity index (χ3n) is 3.60. The molecule has 2 N–H and O–H groups in total. The van der Waals surface area contributed by atoms with Gasteiger partial charge >= 0.3 is 5.97 Å². The molecule has 0 heterocycles. The van der Waals surface area contributed by atoms with Crippen LogP contribution in [-0.2, 0) is 11.2 Å². The fourth-order valence-corrected chi connectivity index (χ4v) is 2.55. The topological polar surface area (TPSA) is 52.3 Å². The Balaban J connectivity index is 2.27. The number of benzene rings is 1. The molecule has 0 radical (unpaired) electrons. The molecular weight excluding hydrogens is 238 g/mol. The summed E-state index contributed by atoms with van der Waals surface area (Å²) in [7, 11) is 0. The molecule has 0 fully saturated rings. The van der Waals surface area contributed by atoms with Crippen LogP contribution in [0.4, 0.5) is 0 Å². The van der Waals surface area contributed by atoms with Gasteiger partial charge in [-0.05, 0) is 55.9 Å². The Bertz CT molecular complexity index is 512. The predicted octanol–water partition coefficient (Wildman–Crippen LogP) is 3.22. The molecule has 0 saturated heterocycles. The van der Waals surface area contributed by atoms with Gasteiger partial charge in [0, 0.05) is 6.04 Å². The zero-order chi connectivity index (χ0) is 14.4. The highest BCUT2D eigenvalue weighted by Gasteiger charge is 2.36. The molecule has 0 spiro atoms. The molecule has 2 rings (SSSR count). The lowest BCUT2D eigenvalue weighted by Crippen LogP contribution is -2.24. The van der Waals surface area contributed by atoms with Crippen molar-refractivity contribution in [2.24, 2.45) is 11.1 Å². The van der Waals surface area contributed by atoms with E-state index in [0.29, 0.717) is 5.56 Å². The van der Waals surface area contributed by atoms with Crippen LogP contribution in [0.25, 0.3) is 0 Å². The minimum Gasteiger partial charge on any atom is -0.456 e. The summed E-state index contributed by atoms with van der Waals surface area (Å²) in [6.07, 6.45) is 0.903. The minimum atomic E-state index is -0.466. The van der Waals surface area contributed by atoms with Crippen LogP contribution in [0, 0.1) is 5.41 Å². The van der Waals surface area contributed by atoms with Crippen LogP contribution in [0.15, 0.2) is 18.2 Å². The van der Waals surface area contributed by atoms with Gasteiger partial charge in [-0.25, -0.2) is 4.79 Å². The van der Waals surface area contributed by atoms with Gasteiger partial charge in [-0.1, -0.05) is 19.9 Å². The van der Waals surface area contributed by atoms with Crippen molar-refractivity contribution in [3.8, 4) is 0 Å². The number of rotatable bonds is 1. The van der Waals surface area contributed by atoms with E-state index >= 15 is 0 Å². The molecule has 3 heteroatoms. The zero-order valence-corrected chi connectivity index (χ0v) is 12.4. The van der Waals surface area contributed by atoms with Gasteiger partial charge in [0.1, 0.15) is 5.60 Å². The summed E-state index contributed by atoms with van der Waals surface area (Å²) in [5.74, 6) is -0.270. The monoisotopic (exact) mass is 261 g/mol. The Kier molecular flexibility index (Phi) is 3.21. The predicted molar refractivity (Wildman–Crippen MR) is 76.0 cm³/mol. The Morgan fingerprint density at radius 1 is 1.37 bits per heavy atom. The van der Waals surface area contributed by atoms with Crippen molar-refractivity contribution in [1.82, 2.24) is 0 Å². The van der Waals surface area contributed by atoms with Gasteiger partial charge in [0.05, 0.1) is 5.56 Å². The summed E-state index contributed by atoms with van der Waals surface area (Å²) in [6.45, 7) is 9.93. The third kappa shape index (κ3) is 2.81. The standard InChI is InChI=1S/C16H23NO2/c1-15(2,3)19-14(18)10-6-7-12-11(8-10)9-16(4,5)13(12)17/h6-8,13H,9,17H2,1-5H3. The van der Waals surface area contributed by atoms with Crippen LogP contribution in [0.5, 0.6) is 0 Å². The number of carbonyl (C=O) groups is 1. The fraction of sp³-hybridized carbons (Fsp3) is 0.562. The van der Waals surface area contributed by atoms with Crippen molar-refractivity contribution < 1.29 is 9.53 Å². The molecule has 104 valence electrons. The second-order valence-electron chi connectivity index (χ2n) is 7.06. The first kappa shape index (κ1) is 14.1. The van der Waals surface area contributed by atoms with E-state index in [2.05, 4.69) is 13.8 Å². The fourth-order valence-electron chi connectivity index (χ4n) is 2.55. The Hall–Kier alpha value is -1.35. The zero-order valence-electron chi connectivity index (χ0n) is 12.4. The Morgan fingerprint density at radius 3 is 2.58 bits per heavy atom. The van der Waals surface area contributed by atoms with Crippen molar-refractivity contribution in [2.75, 3.05) is 0 Å². The molecule has 19 heavy (non-hydrogen) atoms. The van der Waals surface area contributed by atoms with Crippen LogP contribution in [0.1, 0.15) is 62.1 Å². The minimum absolute atomic E-state index is 0.0372. The average molecular weight is 261 g/mol. The molecule has 0 saturated carbocycles. The second-order valence-corrected chi connectivity index (χ2v) is 7.06. The van der Waals surface area contributed by atoms with Gasteiger partial charge in [0.25, 0.3) is 0 Å². The number of ether oxygens (including phenoxy) is 1. The van der Waals surface area contributed by atoms with Crippen molar-refractivity contribution in [1.29, 1.82) is 0 Å². The van der Waals surface area contributed by atoms with Crippen molar-refractivity contribution >= 4 is 5.97 Å². The molecule has 1 aromatic carbocycles. The van der Waals surface area contributed by atoms with Crippen molar-refractivity contribution in [2.45, 2.75) is 52.7 Å². The highest BCUT2D eigenvalue weighted by molar-refractivity contribution is 5.90. The molecular formula is C16H23NO2. The van der Waals surface area contributed by atoms with Crippen LogP contribution >= 0.6 is 0 Å². The number of hydrogen-bond acceptors (Lipinski definition) is 3. The smallest absolute Gasteiger partial charge is 0.338 e. The lowest BCUT2D eigenvalue weighted by atomic mass is 9.86. The van der Waals surface area contributed by atoms with Gasteiger partial charge in [0.15, 0.2) is 0 Å². The van der Waals surface area contributed by atoms with E-state index in [-0.39, 0.29) is 17.4 Å². The summed E-state index contributed by atoms with van der Waals surface area (Å²) in [5.41, 5.74) is 8.75. The molecule has 0 amide bonds. The molecule has 1 aliphatic carbocycles. The summed E-state index contributed by atoms with van der Waals surface area (Å²) in [6, 6.07) is 5.75. The molecule has 1 atom stereocenters. The van der Waals surface area contributed by atoms with Gasteiger partial charge in [0.2, 0.25) is 0 Å². The number of esters is 1. The van der Waals surface area contributed by atoms with Crippen LogP contribution in [-0.4, -0.2) is 11.6 Å². The molecule has 1 unspecified atom stereocenters. The van der Waals surface area contributed by atoms with Gasteiger partial charge in [-0.15, -0.1) is 0 Å². The van der Waals surface area contributed by atoms with Crippen LogP contribution < -0.4 is 5.73 Å². The van der Waals surface area contributed by atoms with E-state index in [1.165, 1.54) is 5.56 Å². The maximum absolute atomic E-state index is 12.0. The van der Waals surface area contributed by atoms with E-state index in [9.17, 15) is 4.79 Å². The molecule has 0 aromatic heterocycles. The van der Waals surface area contributed by atoms with Crippen molar-refractivity contribution in [3.05, 3.63) is 34.9 Å². The van der Waals surface area contributed by atoms with E-state index < -0.39 is 5.60 Å². The average Bonchev–Trinajstić information content (AvgIpc) is 2.46. The maximum atomic E-state index is 12.0. The molecule has 3 nitrogen and oxygen atoms in total. The van der Waals surface area contributed by atoms with Gasteiger partial charge in [-0.3, -0.25) is 0 Å². The highest BCUT2D eigenvalue weighted by atomic mass is 16.6. The first-order chi connectivity index (χ1) is 8.60. The highest BCUT2D eigenvalue weighted by Crippen LogP contribution is 2.43. The number of hydrogen-bond donors (Lipinski definition) is 1. The third-order valence-corrected chi connectivity index (χ3v) is 3.60. The quantitative estimate of drug-likeness (QED) is 0.790. The molecule has 1 aliphatic rings. The maximum Gasteiger partial charge on any atom is 0.338 e. The summed E-state index contributed by atoms with van der Waals surface area (Å²) in [4.78, 5) is 12.0. The number of nitrogens with two attached hydrogens (primary N) is 1. The number of carbonyl (C=O) groups excluding carboxylic acids is 1. The molecule has 0 aliphatic heterocycles. The lowest BCUT2D eigenvalue weighted by molar-refractivity contribution is 0.00694. The van der Waals surface area contributed by atoms with Crippen LogP contribution in [0.3, 0.4) is 0 Å². The van der Waals surface area contributed by atoms with Crippen LogP contribution in [0.2, 0.25) is 0 Å². The SMILES string of the molecule is CC(C)(C)OC(=O)c1ccc2c(c1)CC(C)(C)C2N. The summed E-state index contributed by atoms with van der Waals surface area (Å²) < 4.78 is 5.39. The van der Waals surface area contributed by atoms with Gasteiger partial charge < -0.3 is 10.5 Å². The van der Waals surface area contributed by atoms with E-state index in [1.54, 1.807) is 0 Å². The Labute approximate surface area is 115 Å². The van der Waals surface area contributed by atoms with E-state index in [0.717, 1.165) is 12.0 Å². The van der Waals surface area contributed by atoms with E-state index in [1.807, 2.05) is 39.0 Å². The first-order valence-corrected chi connectivity index (χ1v) is 6.72.